The average Bonchev–Trinajstić information content (AvgIpc) is 2.52. The topological polar surface area (TPSA) is 55.6 Å². The summed E-state index contributed by atoms with van der Waals surface area (Å²) in [6, 6.07) is 5.96. The number of rotatable bonds is 5. The van der Waals surface area contributed by atoms with E-state index >= 15 is 0 Å². The largest absolute Gasteiger partial charge is 0.496 e. The first-order valence-electron chi connectivity index (χ1n) is 7.44. The lowest BCUT2D eigenvalue weighted by atomic mass is 9.96. The molecule has 4 nitrogen and oxygen atoms in total. The average molecular weight is 355 g/mol. The van der Waals surface area contributed by atoms with Gasteiger partial charge in [-0.3, -0.25) is 4.79 Å². The summed E-state index contributed by atoms with van der Waals surface area (Å²) in [7, 11) is 1.65. The van der Waals surface area contributed by atoms with Gasteiger partial charge in [-0.1, -0.05) is 6.07 Å². The number of nitrogens with two attached hydrogens (primary N) is 1. The molecule has 0 aliphatic carbocycles. The van der Waals surface area contributed by atoms with Crippen LogP contribution in [0.2, 0.25) is 0 Å². The van der Waals surface area contributed by atoms with Crippen LogP contribution in [-0.2, 0) is 11.2 Å². The van der Waals surface area contributed by atoms with Gasteiger partial charge < -0.3 is 15.4 Å². The van der Waals surface area contributed by atoms with Gasteiger partial charge in [0.15, 0.2) is 0 Å². The Hall–Kier alpha value is -1.07. The number of benzene rings is 1. The van der Waals surface area contributed by atoms with E-state index in [1.807, 2.05) is 23.1 Å². The molecule has 0 saturated carbocycles. The van der Waals surface area contributed by atoms with E-state index in [0.29, 0.717) is 12.3 Å². The molecule has 1 heterocycles. The summed E-state index contributed by atoms with van der Waals surface area (Å²) in [6.07, 6.45) is 3.40. The van der Waals surface area contributed by atoms with Gasteiger partial charge in [-0.25, -0.2) is 0 Å². The fourth-order valence-corrected chi connectivity index (χ4v) is 3.28. The molecule has 1 aromatic rings. The van der Waals surface area contributed by atoms with Gasteiger partial charge in [0.25, 0.3) is 0 Å². The Labute approximate surface area is 134 Å². The van der Waals surface area contributed by atoms with Gasteiger partial charge in [-0.2, -0.15) is 0 Å². The van der Waals surface area contributed by atoms with E-state index in [4.69, 9.17) is 10.5 Å². The summed E-state index contributed by atoms with van der Waals surface area (Å²) in [5, 5.41) is 0. The first-order chi connectivity index (χ1) is 10.1. The third kappa shape index (κ3) is 4.45. The number of amides is 1. The second-order valence-corrected chi connectivity index (χ2v) is 6.38. The molecular formula is C16H23BrN2O2. The van der Waals surface area contributed by atoms with Crippen molar-refractivity contribution in [3.05, 3.63) is 28.2 Å². The number of carbonyl (C=O) groups excluding carboxylic acids is 1. The van der Waals surface area contributed by atoms with Crippen molar-refractivity contribution in [1.82, 2.24) is 4.90 Å². The molecule has 21 heavy (non-hydrogen) atoms. The minimum Gasteiger partial charge on any atom is -0.496 e. The van der Waals surface area contributed by atoms with Gasteiger partial charge in [0.1, 0.15) is 5.75 Å². The molecule has 1 aliphatic heterocycles. The molecule has 0 atom stereocenters. The number of carbonyl (C=O) groups is 1. The van der Waals surface area contributed by atoms with Crippen LogP contribution in [0.1, 0.15) is 24.8 Å². The Kier molecular flexibility index (Phi) is 6.06. The molecule has 5 heteroatoms. The lowest BCUT2D eigenvalue weighted by molar-refractivity contribution is -0.132. The summed E-state index contributed by atoms with van der Waals surface area (Å²) in [5.41, 5.74) is 6.83. The van der Waals surface area contributed by atoms with Crippen LogP contribution in [0, 0.1) is 5.92 Å². The van der Waals surface area contributed by atoms with Crippen LogP contribution in [0.5, 0.6) is 5.75 Å². The summed E-state index contributed by atoms with van der Waals surface area (Å²) >= 11 is 3.47. The fourth-order valence-electron chi connectivity index (χ4n) is 2.69. The first kappa shape index (κ1) is 16.3. The van der Waals surface area contributed by atoms with Crippen molar-refractivity contribution in [3.8, 4) is 5.75 Å². The van der Waals surface area contributed by atoms with Gasteiger partial charge in [0.05, 0.1) is 11.6 Å². The molecule has 1 amide bonds. The van der Waals surface area contributed by atoms with E-state index in [9.17, 15) is 4.79 Å². The summed E-state index contributed by atoms with van der Waals surface area (Å²) in [6.45, 7) is 2.45. The number of likely N-dealkylation sites (tertiary alicyclic amines) is 1. The highest BCUT2D eigenvalue weighted by molar-refractivity contribution is 9.10. The Bertz CT molecular complexity index is 485. The smallest absolute Gasteiger partial charge is 0.222 e. The van der Waals surface area contributed by atoms with Crippen molar-refractivity contribution in [3.63, 3.8) is 0 Å². The van der Waals surface area contributed by atoms with E-state index in [1.165, 1.54) is 0 Å². The van der Waals surface area contributed by atoms with Crippen molar-refractivity contribution in [2.75, 3.05) is 26.7 Å². The molecule has 0 radical (unpaired) electrons. The van der Waals surface area contributed by atoms with E-state index in [0.717, 1.165) is 54.7 Å². The molecule has 1 aliphatic rings. The quantitative estimate of drug-likeness (QED) is 0.883. The van der Waals surface area contributed by atoms with Gasteiger partial charge in [0.2, 0.25) is 5.91 Å². The van der Waals surface area contributed by atoms with E-state index in [1.54, 1.807) is 7.11 Å². The number of piperidine rings is 1. The predicted molar refractivity (Wildman–Crippen MR) is 87.4 cm³/mol. The number of hydrogen-bond donors (Lipinski definition) is 1. The number of nitrogens with zero attached hydrogens (tertiary/aromatic N) is 1. The predicted octanol–water partition coefficient (Wildman–Crippen LogP) is 2.59. The number of methoxy groups -OCH3 is 1. The molecule has 0 bridgehead atoms. The molecule has 1 aromatic carbocycles. The molecule has 1 saturated heterocycles. The second kappa shape index (κ2) is 7.80. The van der Waals surface area contributed by atoms with E-state index in [2.05, 4.69) is 15.9 Å². The number of halogens is 1. The molecule has 0 unspecified atom stereocenters. The molecule has 2 N–H and O–H groups in total. The second-order valence-electron chi connectivity index (χ2n) is 5.53. The highest BCUT2D eigenvalue weighted by atomic mass is 79.9. The van der Waals surface area contributed by atoms with Crippen LogP contribution >= 0.6 is 15.9 Å². The molecule has 116 valence electrons. The number of aryl methyl sites for hydroxylation is 1. The van der Waals surface area contributed by atoms with Crippen LogP contribution in [0.25, 0.3) is 0 Å². The highest BCUT2D eigenvalue weighted by Gasteiger charge is 2.21. The van der Waals surface area contributed by atoms with Gasteiger partial charge >= 0.3 is 0 Å². The molecule has 2 rings (SSSR count). The van der Waals surface area contributed by atoms with Crippen LogP contribution in [0.4, 0.5) is 0 Å². The lowest BCUT2D eigenvalue weighted by Gasteiger charge is -2.31. The maximum atomic E-state index is 12.2. The minimum atomic E-state index is 0.248. The van der Waals surface area contributed by atoms with Crippen molar-refractivity contribution in [1.29, 1.82) is 0 Å². The van der Waals surface area contributed by atoms with Gasteiger partial charge in [0, 0.05) is 19.5 Å². The van der Waals surface area contributed by atoms with E-state index < -0.39 is 0 Å². The minimum absolute atomic E-state index is 0.248. The maximum Gasteiger partial charge on any atom is 0.222 e. The zero-order valence-corrected chi connectivity index (χ0v) is 14.1. The van der Waals surface area contributed by atoms with Gasteiger partial charge in [-0.05, 0) is 65.4 Å². The molecular weight excluding hydrogens is 332 g/mol. The van der Waals surface area contributed by atoms with Crippen molar-refractivity contribution in [2.45, 2.75) is 25.7 Å². The first-order valence-corrected chi connectivity index (χ1v) is 8.23. The molecule has 1 fully saturated rings. The number of hydrogen-bond acceptors (Lipinski definition) is 3. The van der Waals surface area contributed by atoms with Crippen molar-refractivity contribution >= 4 is 21.8 Å². The Morgan fingerprint density at radius 3 is 2.71 bits per heavy atom. The standard InChI is InChI=1S/C16H23BrN2O2/c1-21-15-4-2-12(10-14(15)17)3-5-16(20)19-8-6-13(11-18)7-9-19/h2,4,10,13H,3,5-9,11,18H2,1H3. The molecule has 0 aromatic heterocycles. The highest BCUT2D eigenvalue weighted by Crippen LogP contribution is 2.26. The normalized spacial score (nSPS) is 16.0. The fraction of sp³-hybridized carbons (Fsp3) is 0.562. The van der Waals surface area contributed by atoms with Crippen LogP contribution in [0.15, 0.2) is 22.7 Å². The van der Waals surface area contributed by atoms with Crippen molar-refractivity contribution in [2.24, 2.45) is 11.7 Å². The third-order valence-electron chi connectivity index (χ3n) is 4.14. The van der Waals surface area contributed by atoms with Crippen molar-refractivity contribution < 1.29 is 9.53 Å². The number of ether oxygens (including phenoxy) is 1. The maximum absolute atomic E-state index is 12.2. The van der Waals surface area contributed by atoms with Crippen LogP contribution in [-0.4, -0.2) is 37.6 Å². The molecule has 0 spiro atoms. The SMILES string of the molecule is COc1ccc(CCC(=O)N2CCC(CN)CC2)cc1Br. The zero-order chi connectivity index (χ0) is 15.2. The summed E-state index contributed by atoms with van der Waals surface area (Å²) in [4.78, 5) is 14.2. The monoisotopic (exact) mass is 354 g/mol. The van der Waals surface area contributed by atoms with Crippen LogP contribution in [0.3, 0.4) is 0 Å². The summed E-state index contributed by atoms with van der Waals surface area (Å²) < 4.78 is 6.14. The summed E-state index contributed by atoms with van der Waals surface area (Å²) in [5.74, 6) is 1.65. The Morgan fingerprint density at radius 1 is 1.43 bits per heavy atom. The van der Waals surface area contributed by atoms with Gasteiger partial charge in [-0.15, -0.1) is 0 Å². The van der Waals surface area contributed by atoms with E-state index in [-0.39, 0.29) is 5.91 Å². The lowest BCUT2D eigenvalue weighted by Crippen LogP contribution is -2.40. The Balaban J connectivity index is 1.83. The third-order valence-corrected chi connectivity index (χ3v) is 4.76. The Morgan fingerprint density at radius 2 is 2.14 bits per heavy atom. The van der Waals surface area contributed by atoms with Crippen LogP contribution < -0.4 is 10.5 Å². The zero-order valence-electron chi connectivity index (χ0n) is 12.5.